The fraction of sp³-hybridized carbons (Fsp3) is 0.188. The normalized spacial score (nSPS) is 11.8. The van der Waals surface area contributed by atoms with Gasteiger partial charge in [-0.15, -0.1) is 0 Å². The lowest BCUT2D eigenvalue weighted by Crippen LogP contribution is -2.41. The molecule has 2 aromatic carbocycles. The minimum Gasteiger partial charge on any atom is -0.394 e. The van der Waals surface area contributed by atoms with E-state index >= 15 is 0 Å². The second kappa shape index (κ2) is 7.77. The Labute approximate surface area is 132 Å². The number of carbonyl (C=O) groups excluding carboxylic acids is 1. The van der Waals surface area contributed by atoms with Crippen LogP contribution in [0.4, 0.5) is 14.9 Å². The van der Waals surface area contributed by atoms with Crippen LogP contribution in [0.3, 0.4) is 0 Å². The molecule has 0 heterocycles. The van der Waals surface area contributed by atoms with Crippen LogP contribution in [0, 0.1) is 5.82 Å². The highest BCUT2D eigenvalue weighted by Gasteiger charge is 2.13. The molecule has 3 N–H and O–H groups in total. The van der Waals surface area contributed by atoms with Crippen molar-refractivity contribution in [3.05, 3.63) is 64.9 Å². The zero-order valence-corrected chi connectivity index (χ0v) is 12.5. The van der Waals surface area contributed by atoms with Crippen LogP contribution in [0.25, 0.3) is 0 Å². The first-order chi connectivity index (χ1) is 10.6. The first-order valence-corrected chi connectivity index (χ1v) is 7.13. The lowest BCUT2D eigenvalue weighted by atomic mass is 10.1. The van der Waals surface area contributed by atoms with E-state index in [-0.39, 0.29) is 17.3 Å². The fourth-order valence-corrected chi connectivity index (χ4v) is 2.15. The van der Waals surface area contributed by atoms with Crippen molar-refractivity contribution in [2.24, 2.45) is 0 Å². The summed E-state index contributed by atoms with van der Waals surface area (Å²) in [4.78, 5) is 11.9. The van der Waals surface area contributed by atoms with Crippen LogP contribution in [-0.4, -0.2) is 23.8 Å². The van der Waals surface area contributed by atoms with Gasteiger partial charge < -0.3 is 15.7 Å². The van der Waals surface area contributed by atoms with E-state index in [9.17, 15) is 14.3 Å². The highest BCUT2D eigenvalue weighted by molar-refractivity contribution is 6.30. The molecule has 4 nitrogen and oxygen atoms in total. The van der Waals surface area contributed by atoms with E-state index in [0.29, 0.717) is 6.42 Å². The van der Waals surface area contributed by atoms with E-state index < -0.39 is 17.9 Å². The number of nitrogens with one attached hydrogen (secondary N) is 2. The Hall–Kier alpha value is -2.11. The largest absolute Gasteiger partial charge is 0.394 e. The first kappa shape index (κ1) is 16.3. The van der Waals surface area contributed by atoms with Crippen LogP contribution >= 0.6 is 11.6 Å². The minimum atomic E-state index is -0.619. The summed E-state index contributed by atoms with van der Waals surface area (Å²) in [6.45, 7) is -0.217. The van der Waals surface area contributed by atoms with Crippen LogP contribution in [0.2, 0.25) is 5.02 Å². The number of rotatable bonds is 5. The highest BCUT2D eigenvalue weighted by atomic mass is 35.5. The predicted molar refractivity (Wildman–Crippen MR) is 84.6 cm³/mol. The molecule has 6 heteroatoms. The maximum atomic E-state index is 13.6. The number of hydrogen-bond acceptors (Lipinski definition) is 2. The summed E-state index contributed by atoms with van der Waals surface area (Å²) in [5.74, 6) is -0.619. The van der Waals surface area contributed by atoms with E-state index in [1.54, 1.807) is 0 Å². The molecular formula is C16H16ClFN2O2. The van der Waals surface area contributed by atoms with Crippen molar-refractivity contribution in [3.63, 3.8) is 0 Å². The van der Waals surface area contributed by atoms with Crippen molar-refractivity contribution in [1.82, 2.24) is 5.32 Å². The first-order valence-electron chi connectivity index (χ1n) is 6.76. The Bertz CT molecular complexity index is 637. The lowest BCUT2D eigenvalue weighted by molar-refractivity contribution is 0.224. The van der Waals surface area contributed by atoms with Gasteiger partial charge in [0.05, 0.1) is 18.3 Å². The quantitative estimate of drug-likeness (QED) is 0.791. The molecule has 0 fully saturated rings. The number of urea groups is 1. The van der Waals surface area contributed by atoms with Gasteiger partial charge in [-0.1, -0.05) is 41.9 Å². The highest BCUT2D eigenvalue weighted by Crippen LogP contribution is 2.18. The molecule has 0 aliphatic rings. The van der Waals surface area contributed by atoms with Gasteiger partial charge in [-0.25, -0.2) is 9.18 Å². The standard InChI is InChI=1S/C16H16ClFN2O2/c17-12-6-7-15(14(18)9-12)20-16(22)19-13(10-21)8-11-4-2-1-3-5-11/h1-7,9,13,21H,8,10H2,(H2,19,20,22). The average molecular weight is 323 g/mol. The van der Waals surface area contributed by atoms with Gasteiger partial charge in [0.2, 0.25) is 0 Å². The molecule has 1 unspecified atom stereocenters. The number of halogens is 2. The van der Waals surface area contributed by atoms with Gasteiger partial charge >= 0.3 is 6.03 Å². The van der Waals surface area contributed by atoms with Gasteiger partial charge in [-0.2, -0.15) is 0 Å². The van der Waals surface area contributed by atoms with Gasteiger partial charge in [-0.3, -0.25) is 0 Å². The number of amides is 2. The summed E-state index contributed by atoms with van der Waals surface area (Å²) >= 11 is 5.65. The topological polar surface area (TPSA) is 61.4 Å². The third-order valence-corrected chi connectivity index (χ3v) is 3.29. The molecule has 0 saturated carbocycles. The molecule has 2 rings (SSSR count). The molecular weight excluding hydrogens is 307 g/mol. The van der Waals surface area contributed by atoms with Crippen molar-refractivity contribution in [3.8, 4) is 0 Å². The van der Waals surface area contributed by atoms with Crippen molar-refractivity contribution in [2.45, 2.75) is 12.5 Å². The Morgan fingerprint density at radius 3 is 2.59 bits per heavy atom. The summed E-state index contributed by atoms with van der Waals surface area (Å²) in [5, 5.41) is 14.6. The molecule has 1 atom stereocenters. The molecule has 0 saturated heterocycles. The molecule has 2 amide bonds. The van der Waals surface area contributed by atoms with Crippen molar-refractivity contribution >= 4 is 23.3 Å². The fourth-order valence-electron chi connectivity index (χ4n) is 1.99. The molecule has 0 radical (unpaired) electrons. The Morgan fingerprint density at radius 2 is 1.95 bits per heavy atom. The molecule has 0 aliphatic heterocycles. The van der Waals surface area contributed by atoms with Crippen LogP contribution in [0.1, 0.15) is 5.56 Å². The van der Waals surface area contributed by atoms with Gasteiger partial charge in [-0.05, 0) is 30.2 Å². The summed E-state index contributed by atoms with van der Waals surface area (Å²) in [7, 11) is 0. The van der Waals surface area contributed by atoms with E-state index in [4.69, 9.17) is 11.6 Å². The average Bonchev–Trinajstić information content (AvgIpc) is 2.50. The van der Waals surface area contributed by atoms with Gasteiger partial charge in [0.25, 0.3) is 0 Å². The van der Waals surface area contributed by atoms with Crippen LogP contribution in [0.15, 0.2) is 48.5 Å². The Morgan fingerprint density at radius 1 is 1.23 bits per heavy atom. The molecule has 0 spiro atoms. The monoisotopic (exact) mass is 322 g/mol. The van der Waals surface area contributed by atoms with E-state index in [1.807, 2.05) is 30.3 Å². The van der Waals surface area contributed by atoms with Crippen LogP contribution in [-0.2, 0) is 6.42 Å². The number of hydrogen-bond donors (Lipinski definition) is 3. The third-order valence-electron chi connectivity index (χ3n) is 3.06. The van der Waals surface area contributed by atoms with Crippen LogP contribution < -0.4 is 10.6 Å². The summed E-state index contributed by atoms with van der Waals surface area (Å²) in [5.41, 5.74) is 1.01. The van der Waals surface area contributed by atoms with Crippen molar-refractivity contribution in [1.29, 1.82) is 0 Å². The maximum Gasteiger partial charge on any atom is 0.319 e. The number of anilines is 1. The molecule has 2 aromatic rings. The van der Waals surface area contributed by atoms with Gasteiger partial charge in [0.1, 0.15) is 5.82 Å². The smallest absolute Gasteiger partial charge is 0.319 e. The van der Waals surface area contributed by atoms with E-state index in [2.05, 4.69) is 10.6 Å². The third kappa shape index (κ3) is 4.72. The van der Waals surface area contributed by atoms with E-state index in [0.717, 1.165) is 11.6 Å². The number of aliphatic hydroxyl groups is 1. The molecule has 22 heavy (non-hydrogen) atoms. The summed E-state index contributed by atoms with van der Waals surface area (Å²) < 4.78 is 13.6. The van der Waals surface area contributed by atoms with Crippen molar-refractivity contribution < 1.29 is 14.3 Å². The molecule has 0 aliphatic carbocycles. The maximum absolute atomic E-state index is 13.6. The minimum absolute atomic E-state index is 0.0262. The molecule has 0 aromatic heterocycles. The summed E-state index contributed by atoms with van der Waals surface area (Å²) in [6, 6.07) is 12.4. The lowest BCUT2D eigenvalue weighted by Gasteiger charge is -2.17. The Balaban J connectivity index is 1.94. The molecule has 0 bridgehead atoms. The van der Waals surface area contributed by atoms with Gasteiger partial charge in [0.15, 0.2) is 0 Å². The zero-order valence-electron chi connectivity index (χ0n) is 11.7. The summed E-state index contributed by atoms with van der Waals surface area (Å²) in [6.07, 6.45) is 0.480. The Kier molecular flexibility index (Phi) is 5.75. The van der Waals surface area contributed by atoms with Gasteiger partial charge in [0, 0.05) is 5.02 Å². The van der Waals surface area contributed by atoms with Crippen molar-refractivity contribution in [2.75, 3.05) is 11.9 Å². The SMILES string of the molecule is O=C(Nc1ccc(Cl)cc1F)NC(CO)Cc1ccccc1. The molecule has 116 valence electrons. The zero-order chi connectivity index (χ0) is 15.9. The number of carbonyl (C=O) groups is 1. The number of aliphatic hydroxyl groups excluding tert-OH is 1. The van der Waals surface area contributed by atoms with E-state index in [1.165, 1.54) is 12.1 Å². The second-order valence-corrected chi connectivity index (χ2v) is 5.23. The second-order valence-electron chi connectivity index (χ2n) is 4.79. The predicted octanol–water partition coefficient (Wildman–Crippen LogP) is 3.20. The number of benzene rings is 2. The van der Waals surface area contributed by atoms with Crippen LogP contribution in [0.5, 0.6) is 0 Å².